The zero-order chi connectivity index (χ0) is 25.6. The first-order valence-electron chi connectivity index (χ1n) is 11.8. The highest BCUT2D eigenvalue weighted by Gasteiger charge is 2.35. The molecule has 0 radical (unpaired) electrons. The summed E-state index contributed by atoms with van der Waals surface area (Å²) in [6, 6.07) is 7.34. The van der Waals surface area contributed by atoms with Gasteiger partial charge in [-0.3, -0.25) is 4.40 Å². The van der Waals surface area contributed by atoms with Crippen LogP contribution in [0.5, 0.6) is 0 Å². The number of aryl methyl sites for hydroxylation is 1. The molecule has 0 bridgehead atoms. The van der Waals surface area contributed by atoms with Crippen LogP contribution in [0.3, 0.4) is 0 Å². The number of piperidine rings is 1. The molecule has 36 heavy (non-hydrogen) atoms. The molecule has 4 heterocycles. The Kier molecular flexibility index (Phi) is 6.28. The molecule has 0 aliphatic carbocycles. The summed E-state index contributed by atoms with van der Waals surface area (Å²) in [5.41, 5.74) is 4.77. The van der Waals surface area contributed by atoms with Gasteiger partial charge in [0.05, 0.1) is 28.6 Å². The Morgan fingerprint density at radius 3 is 2.64 bits per heavy atom. The first kappa shape index (κ1) is 24.4. The second kappa shape index (κ2) is 9.28. The van der Waals surface area contributed by atoms with E-state index in [-0.39, 0.29) is 37.7 Å². The molecule has 6 nitrogen and oxygen atoms in total. The molecule has 1 N–H and O–H groups in total. The van der Waals surface area contributed by atoms with Crippen molar-refractivity contribution >= 4 is 45.9 Å². The number of hydrogen-bond acceptors (Lipinski definition) is 5. The lowest BCUT2D eigenvalue weighted by Crippen LogP contribution is -2.40. The predicted molar refractivity (Wildman–Crippen MR) is 138 cm³/mol. The standard InChI is InChI=1S/C26H26ClF3N6/c1-4-20-21(5-6-22(27)33-20)31-16(3)18-11-15(2)12-19-23(18)34-25(35-9-7-26(29,30)8-10-35)36-14-17(13-28)32-24(19)36/h4-6,11-12,14,16,31H,1,7-10,13H2,2-3H3. The summed E-state index contributed by atoms with van der Waals surface area (Å²) in [6.45, 7) is 7.37. The fourth-order valence-corrected chi connectivity index (χ4v) is 4.87. The SMILES string of the molecule is C=Cc1nc(Cl)ccc1NC(C)c1cc(C)cc2c1nc(N1CCC(F)(F)CC1)n1cc(CF)nc21. The highest BCUT2D eigenvalue weighted by Crippen LogP contribution is 2.35. The van der Waals surface area contributed by atoms with Crippen LogP contribution in [-0.2, 0) is 6.67 Å². The van der Waals surface area contributed by atoms with Crippen molar-refractivity contribution in [2.24, 2.45) is 0 Å². The normalized spacial score (nSPS) is 16.4. The summed E-state index contributed by atoms with van der Waals surface area (Å²) in [6.07, 6.45) is 2.71. The van der Waals surface area contributed by atoms with E-state index in [1.807, 2.05) is 36.9 Å². The number of anilines is 2. The third kappa shape index (κ3) is 4.48. The molecular weight excluding hydrogens is 489 g/mol. The molecule has 3 aromatic heterocycles. The van der Waals surface area contributed by atoms with Gasteiger partial charge >= 0.3 is 0 Å². The number of alkyl halides is 3. The van der Waals surface area contributed by atoms with E-state index in [0.29, 0.717) is 28.0 Å². The Labute approximate surface area is 211 Å². The van der Waals surface area contributed by atoms with Crippen LogP contribution < -0.4 is 10.2 Å². The number of pyridine rings is 1. The summed E-state index contributed by atoms with van der Waals surface area (Å²) in [5.74, 6) is -2.21. The highest BCUT2D eigenvalue weighted by atomic mass is 35.5. The largest absolute Gasteiger partial charge is 0.377 e. The van der Waals surface area contributed by atoms with Crippen LogP contribution >= 0.6 is 11.6 Å². The molecular formula is C26H26ClF3N6. The predicted octanol–water partition coefficient (Wildman–Crippen LogP) is 6.76. The third-order valence-corrected chi connectivity index (χ3v) is 6.76. The lowest BCUT2D eigenvalue weighted by atomic mass is 10.0. The van der Waals surface area contributed by atoms with Gasteiger partial charge in [-0.15, -0.1) is 0 Å². The maximum atomic E-state index is 13.9. The van der Waals surface area contributed by atoms with Crippen molar-refractivity contribution < 1.29 is 13.2 Å². The van der Waals surface area contributed by atoms with Crippen molar-refractivity contribution in [3.8, 4) is 0 Å². The van der Waals surface area contributed by atoms with E-state index in [1.165, 1.54) is 0 Å². The van der Waals surface area contributed by atoms with Gasteiger partial charge in [0.15, 0.2) is 0 Å². The zero-order valence-corrected chi connectivity index (χ0v) is 20.8. The number of aromatic nitrogens is 4. The van der Waals surface area contributed by atoms with Gasteiger partial charge in [0, 0.05) is 43.1 Å². The Bertz CT molecular complexity index is 1460. The van der Waals surface area contributed by atoms with Gasteiger partial charge < -0.3 is 10.2 Å². The molecule has 4 aromatic rings. The van der Waals surface area contributed by atoms with Crippen molar-refractivity contribution in [2.75, 3.05) is 23.3 Å². The first-order valence-corrected chi connectivity index (χ1v) is 12.1. The van der Waals surface area contributed by atoms with E-state index in [4.69, 9.17) is 16.6 Å². The van der Waals surface area contributed by atoms with Crippen LogP contribution in [0, 0.1) is 6.92 Å². The summed E-state index contributed by atoms with van der Waals surface area (Å²) >= 11 is 6.04. The molecule has 0 spiro atoms. The molecule has 188 valence electrons. The Hall–Kier alpha value is -3.33. The van der Waals surface area contributed by atoms with Crippen molar-refractivity contribution in [1.29, 1.82) is 0 Å². The van der Waals surface area contributed by atoms with E-state index in [9.17, 15) is 13.2 Å². The van der Waals surface area contributed by atoms with Crippen LogP contribution in [0.25, 0.3) is 22.6 Å². The summed E-state index contributed by atoms with van der Waals surface area (Å²) in [4.78, 5) is 15.6. The lowest BCUT2D eigenvalue weighted by Gasteiger charge is -2.33. The van der Waals surface area contributed by atoms with Gasteiger partial charge in [0.1, 0.15) is 17.5 Å². The Morgan fingerprint density at radius 1 is 1.19 bits per heavy atom. The average Bonchev–Trinajstić information content (AvgIpc) is 3.29. The molecule has 1 saturated heterocycles. The van der Waals surface area contributed by atoms with Crippen LogP contribution in [-0.4, -0.2) is 38.4 Å². The Morgan fingerprint density at radius 2 is 1.94 bits per heavy atom. The molecule has 1 fully saturated rings. The van der Waals surface area contributed by atoms with Crippen molar-refractivity contribution in [3.63, 3.8) is 0 Å². The first-order chi connectivity index (χ1) is 17.2. The lowest BCUT2D eigenvalue weighted by molar-refractivity contribution is -0.0222. The van der Waals surface area contributed by atoms with Crippen molar-refractivity contribution in [3.05, 3.63) is 64.7 Å². The number of hydrogen-bond donors (Lipinski definition) is 1. The van der Waals surface area contributed by atoms with Crippen LogP contribution in [0.4, 0.5) is 24.8 Å². The fourth-order valence-electron chi connectivity index (χ4n) is 4.72. The summed E-state index contributed by atoms with van der Waals surface area (Å²) in [7, 11) is 0. The smallest absolute Gasteiger partial charge is 0.251 e. The molecule has 0 saturated carbocycles. The van der Waals surface area contributed by atoms with Gasteiger partial charge in [-0.25, -0.2) is 28.1 Å². The van der Waals surface area contributed by atoms with E-state index >= 15 is 0 Å². The highest BCUT2D eigenvalue weighted by molar-refractivity contribution is 6.29. The van der Waals surface area contributed by atoms with Gasteiger partial charge in [0.25, 0.3) is 5.92 Å². The average molecular weight is 515 g/mol. The molecule has 10 heteroatoms. The van der Waals surface area contributed by atoms with Crippen LogP contribution in [0.15, 0.2) is 37.0 Å². The van der Waals surface area contributed by atoms with Crippen LogP contribution in [0.1, 0.15) is 48.3 Å². The topological polar surface area (TPSA) is 58.4 Å². The molecule has 0 amide bonds. The van der Waals surface area contributed by atoms with Gasteiger partial charge in [-0.05, 0) is 43.7 Å². The summed E-state index contributed by atoms with van der Waals surface area (Å²) < 4.78 is 43.1. The zero-order valence-electron chi connectivity index (χ0n) is 20.0. The minimum absolute atomic E-state index is 0.151. The van der Waals surface area contributed by atoms with Crippen molar-refractivity contribution in [1.82, 2.24) is 19.4 Å². The van der Waals surface area contributed by atoms with Gasteiger partial charge in [-0.1, -0.05) is 24.2 Å². The number of halogens is 4. The van der Waals surface area contributed by atoms with E-state index in [2.05, 4.69) is 21.9 Å². The molecule has 1 aliphatic heterocycles. The molecule has 1 atom stereocenters. The van der Waals surface area contributed by atoms with Gasteiger partial charge in [0.2, 0.25) is 5.95 Å². The van der Waals surface area contributed by atoms with Crippen LogP contribution in [0.2, 0.25) is 5.15 Å². The number of benzene rings is 1. The quantitative estimate of drug-likeness (QED) is 0.288. The Balaban J connectivity index is 1.66. The maximum absolute atomic E-state index is 13.9. The van der Waals surface area contributed by atoms with Gasteiger partial charge in [-0.2, -0.15) is 0 Å². The number of rotatable bonds is 6. The third-order valence-electron chi connectivity index (χ3n) is 6.55. The van der Waals surface area contributed by atoms with E-state index < -0.39 is 12.6 Å². The number of nitrogens with zero attached hydrogens (tertiary/aromatic N) is 5. The molecule has 1 aliphatic rings. The summed E-state index contributed by atoms with van der Waals surface area (Å²) in [5, 5.41) is 4.60. The fraction of sp³-hybridized carbons (Fsp3) is 0.346. The molecule has 1 aromatic carbocycles. The molecule has 5 rings (SSSR count). The monoisotopic (exact) mass is 514 g/mol. The minimum Gasteiger partial charge on any atom is -0.377 e. The number of imidazole rings is 1. The second-order valence-electron chi connectivity index (χ2n) is 9.20. The second-order valence-corrected chi connectivity index (χ2v) is 9.59. The van der Waals surface area contributed by atoms with Crippen molar-refractivity contribution in [2.45, 2.75) is 45.3 Å². The van der Waals surface area contributed by atoms with E-state index in [1.54, 1.807) is 22.7 Å². The maximum Gasteiger partial charge on any atom is 0.251 e. The number of nitrogens with one attached hydrogen (secondary N) is 1. The minimum atomic E-state index is -2.69. The van der Waals surface area contributed by atoms with E-state index in [0.717, 1.165) is 22.2 Å². The number of fused-ring (bicyclic) bond motifs is 3. The molecule has 1 unspecified atom stereocenters.